The van der Waals surface area contributed by atoms with Gasteiger partial charge in [-0.25, -0.2) is 9.31 Å². The molecule has 23 heavy (non-hydrogen) atoms. The number of hydrogen-bond donors (Lipinski definition) is 0. The number of esters is 1. The Labute approximate surface area is 131 Å². The molecule has 2 heterocycles. The predicted molar refractivity (Wildman–Crippen MR) is 88.1 cm³/mol. The Morgan fingerprint density at radius 3 is 2.30 bits per heavy atom. The van der Waals surface area contributed by atoms with Crippen molar-refractivity contribution in [2.24, 2.45) is 0 Å². The maximum atomic E-state index is 12.7. The molecule has 0 saturated carbocycles. The third-order valence-corrected chi connectivity index (χ3v) is 3.96. The molecule has 5 nitrogen and oxygen atoms in total. The van der Waals surface area contributed by atoms with Gasteiger partial charge in [-0.1, -0.05) is 36.4 Å². The fourth-order valence-electron chi connectivity index (χ4n) is 2.99. The summed E-state index contributed by atoms with van der Waals surface area (Å²) in [4.78, 5) is 24.8. The summed E-state index contributed by atoms with van der Waals surface area (Å²) >= 11 is 0. The minimum absolute atomic E-state index is 0.0401. The van der Waals surface area contributed by atoms with Crippen molar-refractivity contribution >= 4 is 27.8 Å². The summed E-state index contributed by atoms with van der Waals surface area (Å²) in [5, 5.41) is 1.99. The molecule has 0 bridgehead atoms. The second-order valence-electron chi connectivity index (χ2n) is 5.26. The molecule has 0 fully saturated rings. The van der Waals surface area contributed by atoms with Gasteiger partial charge in [-0.3, -0.25) is 9.31 Å². The van der Waals surface area contributed by atoms with E-state index in [0.717, 1.165) is 21.8 Å². The molecule has 5 heteroatoms. The largest absolute Gasteiger partial charge is 0.462 e. The molecule has 0 amide bonds. The third kappa shape index (κ3) is 1.86. The van der Waals surface area contributed by atoms with Crippen LogP contribution >= 0.6 is 0 Å². The van der Waals surface area contributed by atoms with Crippen molar-refractivity contribution in [2.45, 2.75) is 6.92 Å². The highest BCUT2D eigenvalue weighted by molar-refractivity contribution is 6.04. The number of para-hydroxylation sites is 2. The quantitative estimate of drug-likeness (QED) is 0.423. The van der Waals surface area contributed by atoms with E-state index in [9.17, 15) is 9.59 Å². The van der Waals surface area contributed by atoms with Gasteiger partial charge < -0.3 is 4.74 Å². The zero-order chi connectivity index (χ0) is 16.0. The van der Waals surface area contributed by atoms with Gasteiger partial charge in [-0.15, -0.1) is 0 Å². The molecule has 0 atom stereocenters. The summed E-state index contributed by atoms with van der Waals surface area (Å²) in [6, 6.07) is 15.5. The summed E-state index contributed by atoms with van der Waals surface area (Å²) in [5.41, 5.74) is 1.29. The van der Waals surface area contributed by atoms with Gasteiger partial charge in [-0.2, -0.15) is 0 Å². The lowest BCUT2D eigenvalue weighted by Crippen LogP contribution is -2.19. The zero-order valence-corrected chi connectivity index (χ0v) is 12.5. The first-order valence-corrected chi connectivity index (χ1v) is 7.43. The highest BCUT2D eigenvalue weighted by Gasteiger charge is 2.19. The molecule has 0 aliphatic rings. The fraction of sp³-hybridized carbons (Fsp3) is 0.111. The van der Waals surface area contributed by atoms with Gasteiger partial charge in [0.25, 0.3) is 5.56 Å². The molecule has 0 radical (unpaired) electrons. The van der Waals surface area contributed by atoms with Crippen LogP contribution in [0.4, 0.5) is 0 Å². The average Bonchev–Trinajstić information content (AvgIpc) is 2.93. The molecular weight excluding hydrogens is 292 g/mol. The Morgan fingerprint density at radius 1 is 1.00 bits per heavy atom. The lowest BCUT2D eigenvalue weighted by atomic mass is 10.1. The van der Waals surface area contributed by atoms with Crippen LogP contribution < -0.4 is 5.56 Å². The lowest BCUT2D eigenvalue weighted by Gasteiger charge is -2.09. The summed E-state index contributed by atoms with van der Waals surface area (Å²) in [6.07, 6.45) is 1.55. The predicted octanol–water partition coefficient (Wildman–Crippen LogP) is 2.88. The van der Waals surface area contributed by atoms with Crippen molar-refractivity contribution < 1.29 is 9.53 Å². The molecule has 2 aromatic carbocycles. The number of carbonyl (C=O) groups is 1. The lowest BCUT2D eigenvalue weighted by molar-refractivity contribution is 0.0525. The molecule has 0 aliphatic heterocycles. The van der Waals surface area contributed by atoms with Crippen LogP contribution in [0, 0.1) is 0 Å². The number of fused-ring (bicyclic) bond motifs is 6. The minimum Gasteiger partial charge on any atom is -0.462 e. The molecule has 4 aromatic rings. The molecule has 0 spiro atoms. The number of hydrogen-bond acceptors (Lipinski definition) is 3. The highest BCUT2D eigenvalue weighted by Crippen LogP contribution is 2.24. The van der Waals surface area contributed by atoms with Crippen LogP contribution in [0.1, 0.15) is 17.3 Å². The van der Waals surface area contributed by atoms with Crippen LogP contribution in [0.5, 0.6) is 0 Å². The summed E-state index contributed by atoms with van der Waals surface area (Å²) in [6.45, 7) is 1.95. The van der Waals surface area contributed by atoms with E-state index < -0.39 is 5.97 Å². The number of benzene rings is 2. The Hall–Kier alpha value is -3.08. The van der Waals surface area contributed by atoms with Crippen LogP contribution in [0.2, 0.25) is 0 Å². The molecule has 0 N–H and O–H groups in total. The Balaban J connectivity index is 2.25. The van der Waals surface area contributed by atoms with Gasteiger partial charge in [0.2, 0.25) is 0 Å². The maximum absolute atomic E-state index is 12.7. The number of ether oxygens (including phenoxy) is 1. The minimum atomic E-state index is -0.595. The molecule has 4 rings (SSSR count). The molecule has 2 aromatic heterocycles. The van der Waals surface area contributed by atoms with Gasteiger partial charge in [0.15, 0.2) is 0 Å². The topological polar surface area (TPSA) is 52.2 Å². The number of aromatic nitrogens is 2. The number of nitrogens with zero attached hydrogens (tertiary/aromatic N) is 2. The van der Waals surface area contributed by atoms with Gasteiger partial charge in [0.05, 0.1) is 17.6 Å². The van der Waals surface area contributed by atoms with Gasteiger partial charge in [-0.05, 0) is 19.1 Å². The smallest absolute Gasteiger partial charge is 0.345 e. The number of rotatable bonds is 2. The second kappa shape index (κ2) is 4.98. The van der Waals surface area contributed by atoms with E-state index in [0.29, 0.717) is 0 Å². The Morgan fingerprint density at radius 2 is 1.61 bits per heavy atom. The Bertz CT molecular complexity index is 1120. The number of carbonyl (C=O) groups excluding carboxylic acids is 1. The molecule has 0 aliphatic carbocycles. The van der Waals surface area contributed by atoms with E-state index in [1.54, 1.807) is 17.6 Å². The zero-order valence-electron chi connectivity index (χ0n) is 12.5. The van der Waals surface area contributed by atoms with Gasteiger partial charge in [0.1, 0.15) is 5.56 Å². The van der Waals surface area contributed by atoms with E-state index in [4.69, 9.17) is 4.74 Å². The van der Waals surface area contributed by atoms with E-state index >= 15 is 0 Å². The maximum Gasteiger partial charge on any atom is 0.345 e. The van der Waals surface area contributed by atoms with Crippen molar-refractivity contribution in [3.8, 4) is 0 Å². The van der Waals surface area contributed by atoms with Crippen LogP contribution in [-0.4, -0.2) is 21.6 Å². The summed E-state index contributed by atoms with van der Waals surface area (Å²) in [5.74, 6) is -0.595. The first-order valence-electron chi connectivity index (χ1n) is 7.43. The van der Waals surface area contributed by atoms with Crippen LogP contribution in [0.3, 0.4) is 0 Å². The summed E-state index contributed by atoms with van der Waals surface area (Å²) in [7, 11) is 0. The van der Waals surface area contributed by atoms with Gasteiger partial charge >= 0.3 is 5.97 Å². The van der Waals surface area contributed by atoms with E-state index in [-0.39, 0.29) is 17.7 Å². The van der Waals surface area contributed by atoms with Crippen LogP contribution in [0.15, 0.2) is 59.5 Å². The van der Waals surface area contributed by atoms with Crippen molar-refractivity contribution in [3.05, 3.63) is 70.6 Å². The van der Waals surface area contributed by atoms with Gasteiger partial charge in [0, 0.05) is 17.0 Å². The van der Waals surface area contributed by atoms with E-state index in [2.05, 4.69) is 0 Å². The van der Waals surface area contributed by atoms with Crippen LogP contribution in [0.25, 0.3) is 21.8 Å². The highest BCUT2D eigenvalue weighted by atomic mass is 16.5. The van der Waals surface area contributed by atoms with E-state index in [1.165, 1.54) is 4.52 Å². The summed E-state index contributed by atoms with van der Waals surface area (Å²) < 4.78 is 8.23. The normalized spacial score (nSPS) is 11.3. The third-order valence-electron chi connectivity index (χ3n) is 3.96. The van der Waals surface area contributed by atoms with Crippen LogP contribution in [-0.2, 0) is 4.74 Å². The Kier molecular flexibility index (Phi) is 2.94. The standard InChI is InChI=1S/C18H14N2O3/c1-2-23-18(22)14-11-19-15-9-5-3-7-12(15)13-8-4-6-10-16(13)20(19)17(14)21/h3-11H,2H2,1H3. The SMILES string of the molecule is CCOC(=O)c1cn2c3ccccc3c3ccccc3n2c1=O. The van der Waals surface area contributed by atoms with Crippen molar-refractivity contribution in [2.75, 3.05) is 6.61 Å². The molecule has 0 unspecified atom stereocenters. The first-order chi connectivity index (χ1) is 11.2. The van der Waals surface area contributed by atoms with Crippen molar-refractivity contribution in [1.82, 2.24) is 9.03 Å². The van der Waals surface area contributed by atoms with E-state index in [1.807, 2.05) is 48.5 Å². The molecule has 0 saturated heterocycles. The van der Waals surface area contributed by atoms with Crippen molar-refractivity contribution in [1.29, 1.82) is 0 Å². The second-order valence-corrected chi connectivity index (χ2v) is 5.26. The average molecular weight is 306 g/mol. The molecule has 114 valence electrons. The molecular formula is C18H14N2O3. The fourth-order valence-corrected chi connectivity index (χ4v) is 2.99. The monoisotopic (exact) mass is 306 g/mol. The van der Waals surface area contributed by atoms with Crippen molar-refractivity contribution in [3.63, 3.8) is 0 Å². The first kappa shape index (κ1) is 13.6.